The average Bonchev–Trinajstić information content (AvgIpc) is 3.42. The quantitative estimate of drug-likeness (QED) is 0.329. The van der Waals surface area contributed by atoms with Crippen molar-refractivity contribution in [3.63, 3.8) is 0 Å². The number of hydrogen-bond donors (Lipinski definition) is 1. The van der Waals surface area contributed by atoms with E-state index in [0.717, 1.165) is 41.8 Å². The largest absolute Gasteiger partial charge is 0.459 e. The van der Waals surface area contributed by atoms with Crippen LogP contribution in [0, 0.1) is 0 Å². The monoisotopic (exact) mass is 473 g/mol. The topological polar surface area (TPSA) is 76.1 Å². The number of benzene rings is 1. The summed E-state index contributed by atoms with van der Waals surface area (Å²) < 4.78 is 11.1. The molecular formula is C26H35NO5S. The second-order valence-electron chi connectivity index (χ2n) is 8.79. The van der Waals surface area contributed by atoms with Crippen LogP contribution in [0.15, 0.2) is 36.4 Å². The molecule has 1 fully saturated rings. The molecule has 33 heavy (non-hydrogen) atoms. The Morgan fingerprint density at radius 1 is 1.18 bits per heavy atom. The number of amides is 1. The van der Waals surface area contributed by atoms with Crippen LogP contribution >= 0.6 is 11.3 Å². The molecule has 1 amide bonds. The molecule has 3 rings (SSSR count). The van der Waals surface area contributed by atoms with Gasteiger partial charge in [-0.15, -0.1) is 11.3 Å². The van der Waals surface area contributed by atoms with Crippen molar-refractivity contribution in [2.75, 3.05) is 12.0 Å². The maximum atomic E-state index is 12.8. The van der Waals surface area contributed by atoms with Crippen LogP contribution < -0.4 is 4.90 Å². The first-order valence-electron chi connectivity index (χ1n) is 11.8. The standard InChI is InChI=1S/C26H35NO5S/c1-5-6-7-8-21(28)18-9-11-19(12-10-18)27-20(13-16-24(27)29)25(31-4)22-14-15-23(33-22)26(30)32-17(2)3/h9-12,14-15,17,20-21,25,28H,5-8,13,16H2,1-4H3/t20?,21-,25?/m0/s1. The highest BCUT2D eigenvalue weighted by Gasteiger charge is 2.39. The molecule has 6 nitrogen and oxygen atoms in total. The van der Waals surface area contributed by atoms with Crippen molar-refractivity contribution in [1.29, 1.82) is 0 Å². The number of rotatable bonds is 11. The molecule has 0 saturated carbocycles. The summed E-state index contributed by atoms with van der Waals surface area (Å²) >= 11 is 1.35. The van der Waals surface area contributed by atoms with Gasteiger partial charge in [0.2, 0.25) is 5.91 Å². The summed E-state index contributed by atoms with van der Waals surface area (Å²) in [6.07, 6.45) is 4.06. The molecule has 2 aromatic rings. The molecule has 0 spiro atoms. The van der Waals surface area contributed by atoms with E-state index < -0.39 is 6.10 Å². The minimum absolute atomic E-state index is 0.0503. The van der Waals surface area contributed by atoms with Crippen LogP contribution in [0.5, 0.6) is 0 Å². The zero-order valence-corrected chi connectivity index (χ0v) is 20.8. The number of nitrogens with zero attached hydrogens (tertiary/aromatic N) is 1. The Morgan fingerprint density at radius 2 is 1.91 bits per heavy atom. The van der Waals surface area contributed by atoms with Crippen molar-refractivity contribution in [1.82, 2.24) is 0 Å². The molecular weight excluding hydrogens is 438 g/mol. The van der Waals surface area contributed by atoms with Crippen LogP contribution in [0.2, 0.25) is 0 Å². The highest BCUT2D eigenvalue weighted by molar-refractivity contribution is 7.14. The fraction of sp³-hybridized carbons (Fsp3) is 0.538. The number of esters is 1. The third-order valence-corrected chi connectivity index (χ3v) is 7.07. The second kappa shape index (κ2) is 11.8. The van der Waals surface area contributed by atoms with Crippen LogP contribution in [0.1, 0.15) is 91.6 Å². The van der Waals surface area contributed by atoms with Gasteiger partial charge in [-0.2, -0.15) is 0 Å². The zero-order chi connectivity index (χ0) is 24.0. The number of hydrogen-bond acceptors (Lipinski definition) is 6. The summed E-state index contributed by atoms with van der Waals surface area (Å²) in [6, 6.07) is 11.1. The molecule has 1 N–H and O–H groups in total. The van der Waals surface area contributed by atoms with Gasteiger partial charge >= 0.3 is 5.97 Å². The number of aliphatic hydroxyl groups excluding tert-OH is 1. The molecule has 2 heterocycles. The van der Waals surface area contributed by atoms with Crippen LogP contribution in [0.25, 0.3) is 0 Å². The van der Waals surface area contributed by atoms with Crippen molar-refractivity contribution in [3.8, 4) is 0 Å². The van der Waals surface area contributed by atoms with Crippen LogP contribution in [0.4, 0.5) is 5.69 Å². The lowest BCUT2D eigenvalue weighted by atomic mass is 10.0. The SMILES string of the molecule is CCCCC[C@H](O)c1ccc(N2C(=O)CCC2C(OC)c2ccc(C(=O)OC(C)C)s2)cc1. The van der Waals surface area contributed by atoms with Crippen molar-refractivity contribution in [3.05, 3.63) is 51.7 Å². The first-order chi connectivity index (χ1) is 15.8. The van der Waals surface area contributed by atoms with E-state index in [4.69, 9.17) is 9.47 Å². The lowest BCUT2D eigenvalue weighted by Crippen LogP contribution is -2.37. The minimum Gasteiger partial charge on any atom is -0.459 e. The van der Waals surface area contributed by atoms with Crippen LogP contribution in [-0.4, -0.2) is 36.2 Å². The maximum Gasteiger partial charge on any atom is 0.348 e. The predicted octanol–water partition coefficient (Wildman–Crippen LogP) is 5.81. The van der Waals surface area contributed by atoms with Gasteiger partial charge < -0.3 is 19.5 Å². The van der Waals surface area contributed by atoms with Gasteiger partial charge in [0.1, 0.15) is 11.0 Å². The first kappa shape index (κ1) is 25.4. The molecule has 0 aliphatic carbocycles. The van der Waals surface area contributed by atoms with Gasteiger partial charge in [-0.3, -0.25) is 4.79 Å². The summed E-state index contributed by atoms with van der Waals surface area (Å²) in [5.74, 6) is -0.294. The second-order valence-corrected chi connectivity index (χ2v) is 9.90. The summed E-state index contributed by atoms with van der Waals surface area (Å²) in [5.41, 5.74) is 1.66. The van der Waals surface area contributed by atoms with Gasteiger partial charge in [0.05, 0.1) is 18.2 Å². The average molecular weight is 474 g/mol. The number of carbonyl (C=O) groups excluding carboxylic acids is 2. The number of methoxy groups -OCH3 is 1. The fourth-order valence-electron chi connectivity index (χ4n) is 4.29. The number of anilines is 1. The van der Waals surface area contributed by atoms with Crippen LogP contribution in [-0.2, 0) is 14.3 Å². The number of thiophene rings is 1. The maximum absolute atomic E-state index is 12.8. The third kappa shape index (κ3) is 6.22. The van der Waals surface area contributed by atoms with E-state index in [1.807, 2.05) is 44.2 Å². The van der Waals surface area contributed by atoms with Gasteiger partial charge in [0, 0.05) is 24.1 Å². The summed E-state index contributed by atoms with van der Waals surface area (Å²) in [7, 11) is 1.63. The van der Waals surface area contributed by atoms with E-state index in [2.05, 4.69) is 6.92 Å². The Kier molecular flexibility index (Phi) is 9.06. The highest BCUT2D eigenvalue weighted by Crippen LogP contribution is 2.39. The summed E-state index contributed by atoms with van der Waals surface area (Å²) in [6.45, 7) is 5.79. The molecule has 180 valence electrons. The molecule has 1 aromatic carbocycles. The van der Waals surface area contributed by atoms with Gasteiger partial charge in [-0.1, -0.05) is 38.3 Å². The Balaban J connectivity index is 1.77. The number of aliphatic hydroxyl groups is 1. The van der Waals surface area contributed by atoms with Gasteiger partial charge in [0.15, 0.2) is 0 Å². The lowest BCUT2D eigenvalue weighted by Gasteiger charge is -2.30. The minimum atomic E-state index is -0.488. The number of unbranched alkanes of at least 4 members (excludes halogenated alkanes) is 2. The van der Waals surface area contributed by atoms with Gasteiger partial charge in [0.25, 0.3) is 0 Å². The highest BCUT2D eigenvalue weighted by atomic mass is 32.1. The van der Waals surface area contributed by atoms with Crippen molar-refractivity contribution in [2.45, 2.75) is 83.6 Å². The Bertz CT molecular complexity index is 923. The Hall–Kier alpha value is -2.22. The van der Waals surface area contributed by atoms with Crippen molar-refractivity contribution in [2.24, 2.45) is 0 Å². The summed E-state index contributed by atoms with van der Waals surface area (Å²) in [5, 5.41) is 10.4. The van der Waals surface area contributed by atoms with E-state index in [1.54, 1.807) is 18.1 Å². The Labute approximate surface area is 200 Å². The fourth-order valence-corrected chi connectivity index (χ4v) is 5.32. The first-order valence-corrected chi connectivity index (χ1v) is 12.6. The molecule has 7 heteroatoms. The molecule has 3 atom stereocenters. The predicted molar refractivity (Wildman–Crippen MR) is 131 cm³/mol. The summed E-state index contributed by atoms with van der Waals surface area (Å²) in [4.78, 5) is 28.3. The van der Waals surface area contributed by atoms with Crippen LogP contribution in [0.3, 0.4) is 0 Å². The van der Waals surface area contributed by atoms with Gasteiger partial charge in [-0.05, 0) is 56.5 Å². The lowest BCUT2D eigenvalue weighted by molar-refractivity contribution is -0.117. The Morgan fingerprint density at radius 3 is 2.55 bits per heavy atom. The molecule has 2 unspecified atom stereocenters. The normalized spacial score (nSPS) is 18.1. The van der Waals surface area contributed by atoms with Crippen molar-refractivity contribution >= 4 is 28.9 Å². The molecule has 0 radical (unpaired) electrons. The van der Waals surface area contributed by atoms with E-state index in [9.17, 15) is 14.7 Å². The van der Waals surface area contributed by atoms with E-state index >= 15 is 0 Å². The zero-order valence-electron chi connectivity index (χ0n) is 20.0. The number of ether oxygens (including phenoxy) is 2. The third-order valence-electron chi connectivity index (χ3n) is 5.95. The molecule has 0 bridgehead atoms. The molecule has 1 aromatic heterocycles. The number of carbonyl (C=O) groups is 2. The molecule has 1 aliphatic heterocycles. The van der Waals surface area contributed by atoms with Gasteiger partial charge in [-0.25, -0.2) is 4.79 Å². The van der Waals surface area contributed by atoms with E-state index in [-0.39, 0.29) is 30.1 Å². The van der Waals surface area contributed by atoms with E-state index in [1.165, 1.54) is 11.3 Å². The smallest absolute Gasteiger partial charge is 0.348 e. The van der Waals surface area contributed by atoms with Crippen molar-refractivity contribution < 1.29 is 24.2 Å². The van der Waals surface area contributed by atoms with E-state index in [0.29, 0.717) is 17.7 Å². The molecule has 1 saturated heterocycles. The molecule has 1 aliphatic rings.